The quantitative estimate of drug-likeness (QED) is 0.457. The van der Waals surface area contributed by atoms with Crippen molar-refractivity contribution in [3.63, 3.8) is 0 Å². The van der Waals surface area contributed by atoms with Crippen molar-refractivity contribution >= 4 is 28.6 Å². The Labute approximate surface area is 157 Å². The fourth-order valence-electron chi connectivity index (χ4n) is 2.74. The topological polar surface area (TPSA) is 150 Å². The number of non-ortho nitro benzene ring substituents is 1. The molecule has 2 aromatic carbocycles. The third kappa shape index (κ3) is 4.06. The number of oxazole rings is 1. The van der Waals surface area contributed by atoms with Crippen molar-refractivity contribution in [1.29, 1.82) is 0 Å². The molecular weight excluding hydrogens is 368 g/mol. The van der Waals surface area contributed by atoms with Gasteiger partial charge in [0.1, 0.15) is 6.54 Å². The van der Waals surface area contributed by atoms with Gasteiger partial charge in [-0.05, 0) is 30.2 Å². The van der Waals surface area contributed by atoms with Crippen LogP contribution in [0.2, 0.25) is 0 Å². The molecule has 0 aliphatic carbocycles. The van der Waals surface area contributed by atoms with Crippen LogP contribution in [0.25, 0.3) is 11.1 Å². The van der Waals surface area contributed by atoms with Gasteiger partial charge in [-0.3, -0.25) is 24.3 Å². The summed E-state index contributed by atoms with van der Waals surface area (Å²) in [5.74, 6) is -1.73. The van der Waals surface area contributed by atoms with Gasteiger partial charge in [-0.15, -0.1) is 0 Å². The number of nitrogens with zero attached hydrogens (tertiary/aromatic N) is 2. The average molecular weight is 384 g/mol. The van der Waals surface area contributed by atoms with Crippen LogP contribution in [0, 0.1) is 10.1 Å². The Kier molecular flexibility index (Phi) is 5.21. The minimum absolute atomic E-state index is 0.0373. The maximum atomic E-state index is 12.2. The number of carbonyl (C=O) groups excluding carboxylic acids is 2. The third-order valence-corrected chi connectivity index (χ3v) is 4.11. The Bertz CT molecular complexity index is 1130. The molecule has 0 spiro atoms. The first-order valence-corrected chi connectivity index (χ1v) is 8.28. The van der Waals surface area contributed by atoms with Crippen LogP contribution in [0.15, 0.2) is 51.7 Å². The van der Waals surface area contributed by atoms with Gasteiger partial charge in [0.25, 0.3) is 5.69 Å². The molecule has 10 heteroatoms. The molecule has 0 saturated carbocycles. The zero-order chi connectivity index (χ0) is 20.3. The number of nitrogens with one attached hydrogen (secondary N) is 1. The molecule has 144 valence electrons. The van der Waals surface area contributed by atoms with E-state index in [1.807, 2.05) is 0 Å². The molecule has 3 aromatic rings. The second-order valence-corrected chi connectivity index (χ2v) is 6.03. The molecule has 1 heterocycles. The van der Waals surface area contributed by atoms with Gasteiger partial charge in [-0.25, -0.2) is 4.79 Å². The van der Waals surface area contributed by atoms with E-state index in [1.165, 1.54) is 12.1 Å². The minimum atomic E-state index is -0.778. The maximum Gasteiger partial charge on any atom is 0.420 e. The van der Waals surface area contributed by atoms with Gasteiger partial charge in [0.2, 0.25) is 11.8 Å². The van der Waals surface area contributed by atoms with Gasteiger partial charge in [-0.2, -0.15) is 0 Å². The van der Waals surface area contributed by atoms with E-state index in [9.17, 15) is 24.5 Å². The molecule has 0 fully saturated rings. The van der Waals surface area contributed by atoms with Gasteiger partial charge in [0.05, 0.1) is 16.5 Å². The molecular formula is C18H16N4O6. The number of carbonyl (C=O) groups is 2. The van der Waals surface area contributed by atoms with Crippen molar-refractivity contribution in [3.05, 3.63) is 74.3 Å². The second kappa shape index (κ2) is 7.74. The number of benzene rings is 2. The minimum Gasteiger partial charge on any atom is -0.407 e. The Morgan fingerprint density at radius 1 is 1.21 bits per heavy atom. The van der Waals surface area contributed by atoms with Crippen LogP contribution in [-0.2, 0) is 17.8 Å². The highest BCUT2D eigenvalue weighted by Gasteiger charge is 2.16. The predicted octanol–water partition coefficient (Wildman–Crippen LogP) is 0.960. The standard InChI is InChI=1S/C18H16N4O6/c19-17(24)12-3-1-2-11(8-12)6-7-20-16(23)10-21-14-5-4-13(22(26)27)9-15(14)28-18(21)25/h1-5,8-9H,6-7,10H2,(H2,19,24)(H,20,23). The number of nitro benzene ring substituents is 1. The molecule has 0 aliphatic heterocycles. The van der Waals surface area contributed by atoms with E-state index in [4.69, 9.17) is 10.2 Å². The second-order valence-electron chi connectivity index (χ2n) is 6.03. The summed E-state index contributed by atoms with van der Waals surface area (Å²) in [5, 5.41) is 13.5. The van der Waals surface area contributed by atoms with Crippen molar-refractivity contribution in [2.75, 3.05) is 6.54 Å². The van der Waals surface area contributed by atoms with Gasteiger partial charge < -0.3 is 15.5 Å². The van der Waals surface area contributed by atoms with Crippen LogP contribution in [0.4, 0.5) is 5.69 Å². The monoisotopic (exact) mass is 384 g/mol. The first-order valence-electron chi connectivity index (χ1n) is 8.28. The fourth-order valence-corrected chi connectivity index (χ4v) is 2.74. The molecule has 0 radical (unpaired) electrons. The van der Waals surface area contributed by atoms with Gasteiger partial charge in [0.15, 0.2) is 5.58 Å². The highest BCUT2D eigenvalue weighted by atomic mass is 16.6. The van der Waals surface area contributed by atoms with Crippen molar-refractivity contribution in [1.82, 2.24) is 9.88 Å². The Hall–Kier alpha value is -3.95. The van der Waals surface area contributed by atoms with Gasteiger partial charge in [0, 0.05) is 18.2 Å². The first-order chi connectivity index (χ1) is 13.3. The number of hydrogen-bond acceptors (Lipinski definition) is 6. The first kappa shape index (κ1) is 18.8. The molecule has 0 aliphatic rings. The lowest BCUT2D eigenvalue weighted by Crippen LogP contribution is -2.32. The molecule has 2 amide bonds. The lowest BCUT2D eigenvalue weighted by molar-refractivity contribution is -0.384. The number of rotatable bonds is 7. The third-order valence-electron chi connectivity index (χ3n) is 4.11. The number of nitro groups is 1. The van der Waals surface area contributed by atoms with E-state index in [1.54, 1.807) is 24.3 Å². The number of nitrogens with two attached hydrogens (primary N) is 1. The Morgan fingerprint density at radius 3 is 2.71 bits per heavy atom. The van der Waals surface area contributed by atoms with E-state index in [0.717, 1.165) is 16.2 Å². The van der Waals surface area contributed by atoms with E-state index in [-0.39, 0.29) is 24.4 Å². The average Bonchev–Trinajstić information content (AvgIpc) is 2.96. The maximum absolute atomic E-state index is 12.2. The predicted molar refractivity (Wildman–Crippen MR) is 98.8 cm³/mol. The summed E-state index contributed by atoms with van der Waals surface area (Å²) in [4.78, 5) is 45.5. The van der Waals surface area contributed by atoms with Crippen molar-refractivity contribution in [3.8, 4) is 0 Å². The van der Waals surface area contributed by atoms with Gasteiger partial charge >= 0.3 is 5.76 Å². The van der Waals surface area contributed by atoms with Crippen LogP contribution in [0.1, 0.15) is 15.9 Å². The summed E-state index contributed by atoms with van der Waals surface area (Å²) < 4.78 is 6.08. The molecule has 10 nitrogen and oxygen atoms in total. The number of amides is 2. The SMILES string of the molecule is NC(=O)c1cccc(CCNC(=O)Cn2c(=O)oc3cc([N+](=O)[O-])ccc32)c1. The van der Waals surface area contributed by atoms with Crippen LogP contribution in [-0.4, -0.2) is 27.8 Å². The van der Waals surface area contributed by atoms with E-state index in [2.05, 4.69) is 5.32 Å². The Morgan fingerprint density at radius 2 is 2.00 bits per heavy atom. The number of aromatic nitrogens is 1. The van der Waals surface area contributed by atoms with Crippen LogP contribution >= 0.6 is 0 Å². The number of primary amides is 1. The number of fused-ring (bicyclic) bond motifs is 1. The zero-order valence-corrected chi connectivity index (χ0v) is 14.6. The largest absolute Gasteiger partial charge is 0.420 e. The summed E-state index contributed by atoms with van der Waals surface area (Å²) in [6.45, 7) is 0.00201. The zero-order valence-electron chi connectivity index (χ0n) is 14.6. The molecule has 1 aromatic heterocycles. The number of hydrogen-bond donors (Lipinski definition) is 2. The highest BCUT2D eigenvalue weighted by molar-refractivity contribution is 5.92. The summed E-state index contributed by atoms with van der Waals surface area (Å²) >= 11 is 0. The molecule has 3 rings (SSSR count). The normalized spacial score (nSPS) is 10.7. The van der Waals surface area contributed by atoms with E-state index in [0.29, 0.717) is 17.5 Å². The molecule has 0 bridgehead atoms. The molecule has 0 unspecified atom stereocenters. The van der Waals surface area contributed by atoms with E-state index < -0.39 is 22.5 Å². The summed E-state index contributed by atoms with van der Waals surface area (Å²) in [6, 6.07) is 10.5. The van der Waals surface area contributed by atoms with Crippen LogP contribution in [0.5, 0.6) is 0 Å². The van der Waals surface area contributed by atoms with Crippen molar-refractivity contribution in [2.45, 2.75) is 13.0 Å². The van der Waals surface area contributed by atoms with Crippen molar-refractivity contribution in [2.24, 2.45) is 5.73 Å². The van der Waals surface area contributed by atoms with Crippen LogP contribution in [0.3, 0.4) is 0 Å². The molecule has 28 heavy (non-hydrogen) atoms. The summed E-state index contributed by atoms with van der Waals surface area (Å²) in [7, 11) is 0. The van der Waals surface area contributed by atoms with Crippen molar-refractivity contribution < 1.29 is 18.9 Å². The summed E-state index contributed by atoms with van der Waals surface area (Å²) in [6.07, 6.45) is 0.472. The van der Waals surface area contributed by atoms with Gasteiger partial charge in [-0.1, -0.05) is 12.1 Å². The lowest BCUT2D eigenvalue weighted by Gasteiger charge is -2.07. The fraction of sp³-hybridized carbons (Fsp3) is 0.167. The summed E-state index contributed by atoms with van der Waals surface area (Å²) in [5.41, 5.74) is 6.56. The van der Waals surface area contributed by atoms with E-state index >= 15 is 0 Å². The smallest absolute Gasteiger partial charge is 0.407 e. The van der Waals surface area contributed by atoms with Crippen LogP contribution < -0.4 is 16.8 Å². The Balaban J connectivity index is 1.64. The lowest BCUT2D eigenvalue weighted by atomic mass is 10.1. The molecule has 0 saturated heterocycles. The molecule has 0 atom stereocenters. The highest BCUT2D eigenvalue weighted by Crippen LogP contribution is 2.19. The molecule has 3 N–H and O–H groups in total.